The number of alkyl halides is 3. The monoisotopic (exact) mass is 359 g/mol. The highest BCUT2D eigenvalue weighted by Gasteiger charge is 2.45. The second-order valence-electron chi connectivity index (χ2n) is 6.21. The van der Waals surface area contributed by atoms with Gasteiger partial charge in [-0.15, -0.1) is 0 Å². The summed E-state index contributed by atoms with van der Waals surface area (Å²) in [5.41, 5.74) is 1.70. The van der Waals surface area contributed by atoms with Gasteiger partial charge in [-0.1, -0.05) is 0 Å². The lowest BCUT2D eigenvalue weighted by atomic mass is 9.94. The van der Waals surface area contributed by atoms with E-state index in [1.54, 1.807) is 30.2 Å². The van der Waals surface area contributed by atoms with Crippen molar-refractivity contribution in [2.75, 3.05) is 25.2 Å². The molecular formula is C17H20F3NO4. The highest BCUT2D eigenvalue weighted by molar-refractivity contribution is 5.92. The van der Waals surface area contributed by atoms with Gasteiger partial charge in [-0.05, 0) is 43.0 Å². The molecule has 0 bridgehead atoms. The van der Waals surface area contributed by atoms with Gasteiger partial charge in [0.1, 0.15) is 11.9 Å². The number of cyclic esters (lactones) is 1. The molecule has 138 valence electrons. The van der Waals surface area contributed by atoms with E-state index in [-0.39, 0.29) is 25.2 Å². The van der Waals surface area contributed by atoms with Crippen molar-refractivity contribution < 1.29 is 32.2 Å². The fraction of sp³-hybridized carbons (Fsp3) is 0.588. The molecule has 1 fully saturated rings. The minimum Gasteiger partial charge on any atom is -0.494 e. The highest BCUT2D eigenvalue weighted by Crippen LogP contribution is 2.38. The van der Waals surface area contributed by atoms with Gasteiger partial charge in [0.2, 0.25) is 0 Å². The van der Waals surface area contributed by atoms with Crippen molar-refractivity contribution in [3.05, 3.63) is 23.8 Å². The number of carbonyl (C=O) groups excluding carboxylic acids is 1. The van der Waals surface area contributed by atoms with E-state index in [9.17, 15) is 18.0 Å². The number of benzene rings is 1. The fourth-order valence-corrected chi connectivity index (χ4v) is 3.32. The molecule has 1 amide bonds. The molecule has 2 heterocycles. The van der Waals surface area contributed by atoms with E-state index in [1.807, 2.05) is 0 Å². The van der Waals surface area contributed by atoms with E-state index in [0.717, 1.165) is 24.1 Å². The number of carbonyl (C=O) groups is 1. The van der Waals surface area contributed by atoms with Crippen LogP contribution < -0.4 is 9.64 Å². The molecule has 5 nitrogen and oxygen atoms in total. The maximum Gasteiger partial charge on any atom is 0.415 e. The number of fused-ring (bicyclic) bond motifs is 3. The molecule has 0 aliphatic carbocycles. The molecule has 3 rings (SSSR count). The van der Waals surface area contributed by atoms with Gasteiger partial charge < -0.3 is 14.2 Å². The van der Waals surface area contributed by atoms with Crippen LogP contribution in [0.1, 0.15) is 24.8 Å². The first-order chi connectivity index (χ1) is 11.9. The minimum atomic E-state index is -4.16. The second-order valence-corrected chi connectivity index (χ2v) is 6.21. The number of aryl methyl sites for hydroxylation is 1. The summed E-state index contributed by atoms with van der Waals surface area (Å²) in [6.07, 6.45) is -4.31. The van der Waals surface area contributed by atoms with Crippen molar-refractivity contribution in [2.24, 2.45) is 0 Å². The summed E-state index contributed by atoms with van der Waals surface area (Å²) in [4.78, 5) is 13.8. The smallest absolute Gasteiger partial charge is 0.415 e. The maximum absolute atomic E-state index is 12.2. The summed E-state index contributed by atoms with van der Waals surface area (Å²) in [5, 5.41) is 0. The third kappa shape index (κ3) is 4.00. The van der Waals surface area contributed by atoms with Crippen molar-refractivity contribution >= 4 is 11.8 Å². The lowest BCUT2D eigenvalue weighted by Gasteiger charge is -2.31. The summed E-state index contributed by atoms with van der Waals surface area (Å²) in [7, 11) is 1.57. The number of hydrogen-bond donors (Lipinski definition) is 0. The van der Waals surface area contributed by atoms with Crippen molar-refractivity contribution in [2.45, 2.75) is 44.0 Å². The third-order valence-electron chi connectivity index (χ3n) is 4.43. The number of hydrogen-bond acceptors (Lipinski definition) is 4. The molecule has 1 unspecified atom stereocenters. The number of amides is 1. The van der Waals surface area contributed by atoms with Crippen LogP contribution >= 0.6 is 0 Å². The van der Waals surface area contributed by atoms with E-state index < -0.39 is 18.7 Å². The second kappa shape index (κ2) is 7.11. The zero-order valence-corrected chi connectivity index (χ0v) is 13.8. The molecule has 0 saturated carbocycles. The Kier molecular flexibility index (Phi) is 5.08. The standard InChI is InChI=1S/C17H20F3NO4/c1-23-10-15-14-5-3-11-9-12(24-8-2-7-17(18,19)20)4-6-13(11)21(14)16(22)25-15/h4,6,9,14-15H,2-3,5,7-8,10H2,1H3/t14?,15-/m1/s1. The molecule has 2 atom stereocenters. The van der Waals surface area contributed by atoms with Gasteiger partial charge in [0, 0.05) is 13.5 Å². The zero-order valence-electron chi connectivity index (χ0n) is 13.8. The molecule has 8 heteroatoms. The van der Waals surface area contributed by atoms with Crippen molar-refractivity contribution in [3.63, 3.8) is 0 Å². The Bertz CT molecular complexity index is 635. The Balaban J connectivity index is 1.65. The van der Waals surface area contributed by atoms with Crippen molar-refractivity contribution in [3.8, 4) is 5.75 Å². The summed E-state index contributed by atoms with van der Waals surface area (Å²) in [5.74, 6) is 0.514. The predicted molar refractivity (Wildman–Crippen MR) is 84.0 cm³/mol. The summed E-state index contributed by atoms with van der Waals surface area (Å²) in [6.45, 7) is 0.352. The van der Waals surface area contributed by atoms with Crippen LogP contribution in [-0.2, 0) is 15.9 Å². The minimum absolute atomic E-state index is 0.00257. The summed E-state index contributed by atoms with van der Waals surface area (Å²) < 4.78 is 52.3. The quantitative estimate of drug-likeness (QED) is 0.727. The van der Waals surface area contributed by atoms with Gasteiger partial charge in [0.25, 0.3) is 0 Å². The maximum atomic E-state index is 12.2. The molecule has 2 aliphatic rings. The predicted octanol–water partition coefficient (Wildman–Crippen LogP) is 3.69. The zero-order chi connectivity index (χ0) is 18.0. The molecule has 25 heavy (non-hydrogen) atoms. The van der Waals surface area contributed by atoms with Crippen LogP contribution in [0.4, 0.5) is 23.7 Å². The average molecular weight is 359 g/mol. The number of ether oxygens (including phenoxy) is 3. The van der Waals surface area contributed by atoms with Crippen LogP contribution in [0.25, 0.3) is 0 Å². The van der Waals surface area contributed by atoms with Gasteiger partial charge >= 0.3 is 12.3 Å². The van der Waals surface area contributed by atoms with Crippen LogP contribution in [0.5, 0.6) is 5.75 Å². The van der Waals surface area contributed by atoms with E-state index in [4.69, 9.17) is 14.2 Å². The lowest BCUT2D eigenvalue weighted by molar-refractivity contribution is -0.136. The van der Waals surface area contributed by atoms with Crippen LogP contribution in [0.15, 0.2) is 18.2 Å². The van der Waals surface area contributed by atoms with E-state index >= 15 is 0 Å². The summed E-state index contributed by atoms with van der Waals surface area (Å²) >= 11 is 0. The van der Waals surface area contributed by atoms with E-state index in [1.165, 1.54) is 0 Å². The van der Waals surface area contributed by atoms with E-state index in [0.29, 0.717) is 12.4 Å². The average Bonchev–Trinajstić information content (AvgIpc) is 2.87. The van der Waals surface area contributed by atoms with Gasteiger partial charge in [-0.3, -0.25) is 4.90 Å². The van der Waals surface area contributed by atoms with Gasteiger partial charge in [-0.25, -0.2) is 4.79 Å². The number of nitrogens with zero attached hydrogens (tertiary/aromatic N) is 1. The van der Waals surface area contributed by atoms with E-state index in [2.05, 4.69) is 0 Å². The number of anilines is 1. The molecule has 1 saturated heterocycles. The Morgan fingerprint density at radius 1 is 1.36 bits per heavy atom. The highest BCUT2D eigenvalue weighted by atomic mass is 19.4. The first-order valence-electron chi connectivity index (χ1n) is 8.20. The SMILES string of the molecule is COC[C@H]1OC(=O)N2c3ccc(OCCCC(F)(F)F)cc3CCC12. The van der Waals surface area contributed by atoms with Crippen molar-refractivity contribution in [1.82, 2.24) is 0 Å². The van der Waals surface area contributed by atoms with Gasteiger partial charge in [-0.2, -0.15) is 13.2 Å². The molecule has 2 aliphatic heterocycles. The topological polar surface area (TPSA) is 48.0 Å². The first-order valence-corrected chi connectivity index (χ1v) is 8.20. The van der Waals surface area contributed by atoms with Gasteiger partial charge in [0.15, 0.2) is 0 Å². The third-order valence-corrected chi connectivity index (χ3v) is 4.43. The normalized spacial score (nSPS) is 22.4. The molecule has 0 radical (unpaired) electrons. The van der Waals surface area contributed by atoms with Crippen LogP contribution in [0.3, 0.4) is 0 Å². The van der Waals surface area contributed by atoms with Crippen LogP contribution in [0, 0.1) is 0 Å². The molecular weight excluding hydrogens is 339 g/mol. The lowest BCUT2D eigenvalue weighted by Crippen LogP contribution is -2.41. The van der Waals surface area contributed by atoms with Gasteiger partial charge in [0.05, 0.1) is 24.9 Å². The Labute approximate surface area is 143 Å². The van der Waals surface area contributed by atoms with Crippen LogP contribution in [-0.4, -0.2) is 44.7 Å². The molecule has 0 spiro atoms. The fourth-order valence-electron chi connectivity index (χ4n) is 3.32. The Morgan fingerprint density at radius 2 is 2.16 bits per heavy atom. The number of halogens is 3. The largest absolute Gasteiger partial charge is 0.494 e. The Morgan fingerprint density at radius 3 is 2.88 bits per heavy atom. The first kappa shape index (κ1) is 17.8. The number of methoxy groups -OCH3 is 1. The molecule has 0 aromatic heterocycles. The number of rotatable bonds is 6. The van der Waals surface area contributed by atoms with Crippen LogP contribution in [0.2, 0.25) is 0 Å². The summed E-state index contributed by atoms with van der Waals surface area (Å²) in [6, 6.07) is 5.16. The van der Waals surface area contributed by atoms with Crippen molar-refractivity contribution in [1.29, 1.82) is 0 Å². The molecule has 1 aromatic rings. The molecule has 1 aromatic carbocycles. The Hall–Kier alpha value is -1.96. The molecule has 0 N–H and O–H groups in total.